The van der Waals surface area contributed by atoms with Gasteiger partial charge < -0.3 is 19.7 Å². The fraction of sp³-hybridized carbons (Fsp3) is 0.379. The Morgan fingerprint density at radius 1 is 1.07 bits per heavy atom. The molecule has 13 nitrogen and oxygen atoms in total. The summed E-state index contributed by atoms with van der Waals surface area (Å²) in [4.78, 5) is 42.8. The van der Waals surface area contributed by atoms with Gasteiger partial charge in [-0.25, -0.2) is 32.9 Å². The molecule has 0 aliphatic heterocycles. The fourth-order valence-electron chi connectivity index (χ4n) is 4.02. The number of pyridine rings is 1. The highest BCUT2D eigenvalue weighted by Crippen LogP contribution is 2.20. The first-order chi connectivity index (χ1) is 21.5. The number of anilines is 1. The lowest BCUT2D eigenvalue weighted by molar-refractivity contribution is 0.0569. The number of benzene rings is 2. The number of ether oxygens (including phenoxy) is 2. The van der Waals surface area contributed by atoms with Crippen LogP contribution in [-0.2, 0) is 26.2 Å². The molecule has 0 bridgehead atoms. The van der Waals surface area contributed by atoms with Crippen LogP contribution in [-0.4, -0.2) is 68.4 Å². The molecule has 1 aromatic heterocycles. The van der Waals surface area contributed by atoms with Gasteiger partial charge in [0.15, 0.2) is 0 Å². The molecular weight excluding hydrogens is 650 g/mol. The second-order valence-corrected chi connectivity index (χ2v) is 12.9. The molecule has 3 rings (SSSR count). The number of amides is 4. The van der Waals surface area contributed by atoms with Crippen molar-refractivity contribution in [3.8, 4) is 0 Å². The number of carbonyl (C=O) groups excluding carboxylic acids is 3. The molecule has 250 valence electrons. The van der Waals surface area contributed by atoms with Crippen molar-refractivity contribution in [2.24, 2.45) is 0 Å². The zero-order chi connectivity index (χ0) is 34.1. The lowest BCUT2D eigenvalue weighted by atomic mass is 10.1. The SMILES string of the molecule is CN(C(=O)NCc1cccc(F)c1Cl)[C@@H](CCCNS(=O)(=O)NC(=O)OC(C)(C)C)COC(=O)Nc1cc2cc(F)ccc2cn1. The summed E-state index contributed by atoms with van der Waals surface area (Å²) in [5.41, 5.74) is -0.572. The molecule has 0 spiro atoms. The van der Waals surface area contributed by atoms with Gasteiger partial charge in [-0.05, 0) is 74.9 Å². The third kappa shape index (κ3) is 11.6. The summed E-state index contributed by atoms with van der Waals surface area (Å²) >= 11 is 5.98. The van der Waals surface area contributed by atoms with Crippen molar-refractivity contribution >= 4 is 56.6 Å². The van der Waals surface area contributed by atoms with Gasteiger partial charge in [-0.1, -0.05) is 23.7 Å². The molecule has 3 aromatic rings. The van der Waals surface area contributed by atoms with Crippen LogP contribution in [0.25, 0.3) is 10.8 Å². The van der Waals surface area contributed by atoms with Gasteiger partial charge in [-0.15, -0.1) is 0 Å². The van der Waals surface area contributed by atoms with Crippen molar-refractivity contribution in [3.63, 3.8) is 0 Å². The maximum Gasteiger partial charge on any atom is 0.422 e. The number of hydrogen-bond donors (Lipinski definition) is 4. The molecule has 1 heterocycles. The Bertz CT molecular complexity index is 1670. The van der Waals surface area contributed by atoms with Crippen molar-refractivity contribution in [2.45, 2.75) is 51.8 Å². The molecule has 0 radical (unpaired) electrons. The van der Waals surface area contributed by atoms with E-state index in [1.54, 1.807) is 37.6 Å². The topological polar surface area (TPSA) is 168 Å². The molecule has 0 fully saturated rings. The Labute approximate surface area is 270 Å². The Morgan fingerprint density at radius 2 is 1.80 bits per heavy atom. The molecule has 17 heteroatoms. The Balaban J connectivity index is 1.62. The van der Waals surface area contributed by atoms with Gasteiger partial charge in [0.1, 0.15) is 29.7 Å². The lowest BCUT2D eigenvalue weighted by Crippen LogP contribution is -2.46. The zero-order valence-corrected chi connectivity index (χ0v) is 27.1. The highest BCUT2D eigenvalue weighted by atomic mass is 35.5. The Morgan fingerprint density at radius 3 is 2.52 bits per heavy atom. The van der Waals surface area contributed by atoms with Gasteiger partial charge in [0.25, 0.3) is 0 Å². The molecule has 0 saturated heterocycles. The smallest absolute Gasteiger partial charge is 0.422 e. The fourth-order valence-corrected chi connectivity index (χ4v) is 4.96. The zero-order valence-electron chi connectivity index (χ0n) is 25.5. The standard InChI is InChI=1S/C29H35ClF2N6O7S/c1-29(2,3)45-28(41)37-46(42,43)35-12-6-8-22(38(4)26(39)34-16-19-7-5-9-23(32)25(19)30)17-44-27(40)36-24-14-20-13-21(31)11-10-18(20)15-33-24/h5,7,9-11,13-15,22,35H,6,8,12,16-17H2,1-4H3,(H,34,39)(H,37,41)(H,33,36,40)/t22-/m0/s1. The normalized spacial score (nSPS) is 12.2. The minimum Gasteiger partial charge on any atom is -0.447 e. The maximum atomic E-state index is 13.8. The average molecular weight is 685 g/mol. The average Bonchev–Trinajstić information content (AvgIpc) is 2.95. The van der Waals surface area contributed by atoms with Crippen molar-refractivity contribution in [2.75, 3.05) is 25.5 Å². The quantitative estimate of drug-likeness (QED) is 0.192. The number of nitrogens with zero attached hydrogens (tertiary/aromatic N) is 2. The number of fused-ring (bicyclic) bond motifs is 1. The number of urea groups is 1. The molecule has 46 heavy (non-hydrogen) atoms. The number of hydrogen-bond acceptors (Lipinski definition) is 8. The molecule has 0 unspecified atom stereocenters. The van der Waals surface area contributed by atoms with Gasteiger partial charge in [-0.3, -0.25) is 5.32 Å². The van der Waals surface area contributed by atoms with Crippen LogP contribution in [0.15, 0.2) is 48.7 Å². The van der Waals surface area contributed by atoms with Gasteiger partial charge >= 0.3 is 28.4 Å². The van der Waals surface area contributed by atoms with Gasteiger partial charge in [0.05, 0.1) is 11.1 Å². The molecule has 2 aromatic carbocycles. The lowest BCUT2D eigenvalue weighted by Gasteiger charge is -2.28. The third-order valence-corrected chi connectivity index (χ3v) is 7.72. The van der Waals surface area contributed by atoms with E-state index < -0.39 is 51.7 Å². The van der Waals surface area contributed by atoms with Gasteiger partial charge in [-0.2, -0.15) is 13.1 Å². The largest absolute Gasteiger partial charge is 0.447 e. The molecule has 4 amide bonds. The van der Waals surface area contributed by atoms with Crippen molar-refractivity contribution < 1.29 is 41.1 Å². The van der Waals surface area contributed by atoms with E-state index in [0.717, 1.165) is 0 Å². The van der Waals surface area contributed by atoms with E-state index in [4.69, 9.17) is 21.1 Å². The summed E-state index contributed by atoms with van der Waals surface area (Å²) in [6.45, 7) is 4.17. The van der Waals surface area contributed by atoms with E-state index in [0.29, 0.717) is 16.3 Å². The molecular formula is C29H35ClF2N6O7S. The number of halogens is 3. The van der Waals surface area contributed by atoms with Crippen LogP contribution in [0.2, 0.25) is 5.02 Å². The van der Waals surface area contributed by atoms with E-state index in [1.807, 2.05) is 0 Å². The first kappa shape index (κ1) is 36.2. The minimum atomic E-state index is -4.25. The molecule has 4 N–H and O–H groups in total. The summed E-state index contributed by atoms with van der Waals surface area (Å²) < 4.78 is 66.1. The van der Waals surface area contributed by atoms with Crippen LogP contribution in [0.5, 0.6) is 0 Å². The number of rotatable bonds is 12. The second kappa shape index (κ2) is 15.8. The van der Waals surface area contributed by atoms with Gasteiger partial charge in [0.2, 0.25) is 0 Å². The number of carbonyl (C=O) groups is 3. The number of nitrogens with one attached hydrogen (secondary N) is 4. The predicted octanol–water partition coefficient (Wildman–Crippen LogP) is 5.06. The first-order valence-corrected chi connectivity index (χ1v) is 15.8. The molecule has 1 atom stereocenters. The summed E-state index contributed by atoms with van der Waals surface area (Å²) in [5.74, 6) is -1.00. The van der Waals surface area contributed by atoms with E-state index in [2.05, 4.69) is 20.3 Å². The number of aromatic nitrogens is 1. The maximum absolute atomic E-state index is 13.8. The van der Waals surface area contributed by atoms with E-state index in [1.165, 1.54) is 48.5 Å². The summed E-state index contributed by atoms with van der Waals surface area (Å²) in [7, 11) is -2.82. The summed E-state index contributed by atoms with van der Waals surface area (Å²) in [6, 6.07) is 8.37. The van der Waals surface area contributed by atoms with Crippen molar-refractivity contribution in [3.05, 3.63) is 70.9 Å². The van der Waals surface area contributed by atoms with E-state index >= 15 is 0 Å². The van der Waals surface area contributed by atoms with Crippen LogP contribution in [0.3, 0.4) is 0 Å². The highest BCUT2D eigenvalue weighted by molar-refractivity contribution is 7.88. The monoisotopic (exact) mass is 684 g/mol. The van der Waals surface area contributed by atoms with E-state index in [-0.39, 0.29) is 43.4 Å². The Hall–Kier alpha value is -4.28. The first-order valence-electron chi connectivity index (χ1n) is 14.0. The highest BCUT2D eigenvalue weighted by Gasteiger charge is 2.24. The van der Waals surface area contributed by atoms with Crippen LogP contribution < -0.4 is 20.1 Å². The van der Waals surface area contributed by atoms with Crippen LogP contribution in [0.4, 0.5) is 29.0 Å². The van der Waals surface area contributed by atoms with Crippen LogP contribution in [0, 0.1) is 11.6 Å². The molecule has 0 saturated carbocycles. The van der Waals surface area contributed by atoms with Crippen LogP contribution in [0.1, 0.15) is 39.2 Å². The Kier molecular flexibility index (Phi) is 12.4. The molecule has 0 aliphatic rings. The predicted molar refractivity (Wildman–Crippen MR) is 167 cm³/mol. The number of likely N-dealkylation sites (N-methyl/N-ethyl adjacent to an activating group) is 1. The summed E-state index contributed by atoms with van der Waals surface area (Å²) in [5, 5.41) is 6.09. The van der Waals surface area contributed by atoms with Crippen molar-refractivity contribution in [1.29, 1.82) is 0 Å². The third-order valence-electron chi connectivity index (χ3n) is 6.27. The van der Waals surface area contributed by atoms with Crippen molar-refractivity contribution in [1.82, 2.24) is 24.6 Å². The van der Waals surface area contributed by atoms with E-state index in [9.17, 15) is 31.6 Å². The van der Waals surface area contributed by atoms with Gasteiger partial charge in [0, 0.05) is 31.7 Å². The minimum absolute atomic E-state index is 0.0990. The second-order valence-electron chi connectivity index (χ2n) is 11.1. The molecule has 0 aliphatic carbocycles. The summed E-state index contributed by atoms with van der Waals surface area (Å²) in [6.07, 6.45) is -0.320. The van der Waals surface area contributed by atoms with Crippen LogP contribution >= 0.6 is 11.6 Å².